The van der Waals surface area contributed by atoms with Crippen molar-refractivity contribution in [3.05, 3.63) is 55.5 Å². The molecule has 0 atom stereocenters. The van der Waals surface area contributed by atoms with Gasteiger partial charge in [-0.3, -0.25) is 13.9 Å². The minimum absolute atomic E-state index is 0.151. The minimum atomic E-state index is -0.739. The first-order valence-electron chi connectivity index (χ1n) is 10.2. The largest absolute Gasteiger partial charge is 0.496 e. The molecule has 0 saturated carbocycles. The second kappa shape index (κ2) is 7.91. The van der Waals surface area contributed by atoms with Gasteiger partial charge in [0.05, 0.1) is 24.9 Å². The molecule has 33 heavy (non-hydrogen) atoms. The number of rotatable bonds is 3. The maximum absolute atomic E-state index is 13.3. The normalized spacial score (nSPS) is 12.0. The highest BCUT2D eigenvalue weighted by Crippen LogP contribution is 2.30. The molecule has 0 aliphatic heterocycles. The molecule has 0 spiro atoms. The van der Waals surface area contributed by atoms with Gasteiger partial charge in [0.25, 0.3) is 5.56 Å². The van der Waals surface area contributed by atoms with E-state index >= 15 is 0 Å². The fraction of sp³-hybridized carbons (Fsp3) is 0.364. The predicted molar refractivity (Wildman–Crippen MR) is 127 cm³/mol. The van der Waals surface area contributed by atoms with Crippen LogP contribution in [0.15, 0.2) is 38.6 Å². The SMILES string of the molecule is COc1cccc2c1cc(Cn1c(=O)c3c(nc(Br)n3C)n(C)c1=O)n2C(=O)OC(C)(C)C. The van der Waals surface area contributed by atoms with E-state index in [1.807, 2.05) is 0 Å². The smallest absolute Gasteiger partial charge is 0.419 e. The molecule has 174 valence electrons. The van der Waals surface area contributed by atoms with Crippen LogP contribution in [-0.2, 0) is 25.4 Å². The molecule has 3 aromatic heterocycles. The zero-order valence-electron chi connectivity index (χ0n) is 19.2. The summed E-state index contributed by atoms with van der Waals surface area (Å²) in [6.45, 7) is 5.16. The Kier molecular flexibility index (Phi) is 5.47. The van der Waals surface area contributed by atoms with Gasteiger partial charge in [0.2, 0.25) is 0 Å². The molecule has 10 nitrogen and oxygen atoms in total. The van der Waals surface area contributed by atoms with Crippen LogP contribution < -0.4 is 16.0 Å². The third kappa shape index (κ3) is 3.75. The summed E-state index contributed by atoms with van der Waals surface area (Å²) in [6.07, 6.45) is -0.616. The summed E-state index contributed by atoms with van der Waals surface area (Å²) < 4.78 is 16.8. The van der Waals surface area contributed by atoms with Crippen LogP contribution in [0, 0.1) is 0 Å². The highest BCUT2D eigenvalue weighted by molar-refractivity contribution is 9.10. The summed E-state index contributed by atoms with van der Waals surface area (Å²) >= 11 is 3.30. The van der Waals surface area contributed by atoms with Gasteiger partial charge in [0.1, 0.15) is 11.4 Å². The van der Waals surface area contributed by atoms with Crippen molar-refractivity contribution in [3.8, 4) is 5.75 Å². The Balaban J connectivity index is 1.98. The first kappa shape index (κ1) is 22.8. The fourth-order valence-electron chi connectivity index (χ4n) is 3.79. The van der Waals surface area contributed by atoms with Gasteiger partial charge in [0.15, 0.2) is 15.9 Å². The minimum Gasteiger partial charge on any atom is -0.496 e. The zero-order chi connectivity index (χ0) is 24.2. The van der Waals surface area contributed by atoms with Gasteiger partial charge in [-0.05, 0) is 54.9 Å². The van der Waals surface area contributed by atoms with E-state index in [1.54, 1.807) is 63.7 Å². The lowest BCUT2D eigenvalue weighted by atomic mass is 10.2. The highest BCUT2D eigenvalue weighted by Gasteiger charge is 2.25. The van der Waals surface area contributed by atoms with Gasteiger partial charge >= 0.3 is 11.8 Å². The van der Waals surface area contributed by atoms with Gasteiger partial charge in [-0.25, -0.2) is 19.1 Å². The maximum Gasteiger partial charge on any atom is 0.419 e. The van der Waals surface area contributed by atoms with Crippen molar-refractivity contribution < 1.29 is 14.3 Å². The molecule has 1 aromatic carbocycles. The number of nitrogens with zero attached hydrogens (tertiary/aromatic N) is 5. The van der Waals surface area contributed by atoms with E-state index in [2.05, 4.69) is 20.9 Å². The van der Waals surface area contributed by atoms with Crippen LogP contribution in [0.3, 0.4) is 0 Å². The van der Waals surface area contributed by atoms with E-state index in [9.17, 15) is 14.4 Å². The third-order valence-electron chi connectivity index (χ3n) is 5.30. The molecule has 4 aromatic rings. The van der Waals surface area contributed by atoms with Crippen LogP contribution in [0.2, 0.25) is 0 Å². The summed E-state index contributed by atoms with van der Waals surface area (Å²) in [4.78, 5) is 43.8. The predicted octanol–water partition coefficient (Wildman–Crippen LogP) is 2.99. The van der Waals surface area contributed by atoms with Crippen molar-refractivity contribution in [1.29, 1.82) is 0 Å². The number of aromatic nitrogens is 5. The van der Waals surface area contributed by atoms with E-state index in [0.717, 1.165) is 4.57 Å². The number of aryl methyl sites for hydroxylation is 2. The van der Waals surface area contributed by atoms with Crippen LogP contribution in [0.25, 0.3) is 22.1 Å². The van der Waals surface area contributed by atoms with E-state index in [1.165, 1.54) is 16.2 Å². The summed E-state index contributed by atoms with van der Waals surface area (Å²) in [5.74, 6) is 0.558. The van der Waals surface area contributed by atoms with Crippen molar-refractivity contribution in [1.82, 2.24) is 23.3 Å². The number of hydrogen-bond acceptors (Lipinski definition) is 6. The molecule has 0 radical (unpaired) electrons. The number of fused-ring (bicyclic) bond motifs is 2. The highest BCUT2D eigenvalue weighted by atomic mass is 79.9. The first-order valence-corrected chi connectivity index (χ1v) is 11.0. The maximum atomic E-state index is 13.3. The van der Waals surface area contributed by atoms with Gasteiger partial charge in [-0.1, -0.05) is 6.07 Å². The summed E-state index contributed by atoms with van der Waals surface area (Å²) in [5, 5.41) is 0.662. The Morgan fingerprint density at radius 1 is 1.15 bits per heavy atom. The third-order valence-corrected chi connectivity index (χ3v) is 6.01. The Morgan fingerprint density at radius 2 is 1.85 bits per heavy atom. The molecule has 3 heterocycles. The van der Waals surface area contributed by atoms with E-state index < -0.39 is 22.9 Å². The van der Waals surface area contributed by atoms with E-state index in [0.29, 0.717) is 27.1 Å². The Bertz CT molecular complexity index is 1530. The molecule has 0 bridgehead atoms. The molecule has 4 rings (SSSR count). The summed E-state index contributed by atoms with van der Waals surface area (Å²) in [6, 6.07) is 7.02. The molecule has 11 heteroatoms. The lowest BCUT2D eigenvalue weighted by molar-refractivity contribution is 0.0540. The van der Waals surface area contributed by atoms with Crippen molar-refractivity contribution >= 4 is 44.1 Å². The average Bonchev–Trinajstić information content (AvgIpc) is 3.25. The van der Waals surface area contributed by atoms with Crippen molar-refractivity contribution in [2.45, 2.75) is 32.9 Å². The first-order chi connectivity index (χ1) is 15.4. The molecule has 0 aliphatic carbocycles. The van der Waals surface area contributed by atoms with Crippen LogP contribution in [0.1, 0.15) is 26.5 Å². The number of benzene rings is 1. The van der Waals surface area contributed by atoms with Crippen LogP contribution in [0.4, 0.5) is 4.79 Å². The number of methoxy groups -OCH3 is 1. The summed E-state index contributed by atoms with van der Waals surface area (Å²) in [7, 11) is 4.76. The lowest BCUT2D eigenvalue weighted by Crippen LogP contribution is -2.40. The van der Waals surface area contributed by atoms with Gasteiger partial charge < -0.3 is 14.0 Å². The molecule has 0 fully saturated rings. The van der Waals surface area contributed by atoms with Crippen molar-refractivity contribution in [3.63, 3.8) is 0 Å². The van der Waals surface area contributed by atoms with Gasteiger partial charge in [0, 0.05) is 19.5 Å². The lowest BCUT2D eigenvalue weighted by Gasteiger charge is -2.21. The number of hydrogen-bond donors (Lipinski definition) is 0. The van der Waals surface area contributed by atoms with Crippen molar-refractivity contribution in [2.24, 2.45) is 14.1 Å². The quantitative estimate of drug-likeness (QED) is 0.387. The topological polar surface area (TPSA) is 102 Å². The number of ether oxygens (including phenoxy) is 2. The standard InChI is InChI=1S/C22H24BrN5O5/c1-22(2,3)33-21(31)28-12(10-13-14(28)8-7-9-15(13)32-6)11-27-18(29)16-17(26(5)20(27)30)24-19(23)25(16)4/h7-10H,11H2,1-6H3. The molecular weight excluding hydrogens is 494 g/mol. The molecule has 0 saturated heterocycles. The second-order valence-electron chi connectivity index (χ2n) is 8.69. The summed E-state index contributed by atoms with van der Waals surface area (Å²) in [5.41, 5.74) is -0.313. The van der Waals surface area contributed by atoms with E-state index in [4.69, 9.17) is 9.47 Å². The molecule has 0 unspecified atom stereocenters. The fourth-order valence-corrected chi connectivity index (χ4v) is 4.14. The van der Waals surface area contributed by atoms with Crippen LogP contribution >= 0.6 is 15.9 Å². The Morgan fingerprint density at radius 3 is 2.48 bits per heavy atom. The number of carbonyl (C=O) groups excluding carboxylic acids is 1. The molecule has 0 N–H and O–H groups in total. The molecule has 0 aliphatic rings. The second-order valence-corrected chi connectivity index (χ2v) is 9.40. The zero-order valence-corrected chi connectivity index (χ0v) is 20.8. The van der Waals surface area contributed by atoms with Crippen LogP contribution in [-0.4, -0.2) is 42.1 Å². The molecule has 0 amide bonds. The monoisotopic (exact) mass is 517 g/mol. The Labute approximate surface area is 197 Å². The Hall–Kier alpha value is -3.34. The number of halogens is 1. The van der Waals surface area contributed by atoms with E-state index in [-0.39, 0.29) is 17.7 Å². The molecular formula is C22H24BrN5O5. The van der Waals surface area contributed by atoms with Gasteiger partial charge in [-0.15, -0.1) is 0 Å². The number of imidazole rings is 1. The van der Waals surface area contributed by atoms with Crippen molar-refractivity contribution in [2.75, 3.05) is 7.11 Å². The average molecular weight is 518 g/mol. The number of carbonyl (C=O) groups is 1. The van der Waals surface area contributed by atoms with Gasteiger partial charge in [-0.2, -0.15) is 0 Å². The van der Waals surface area contributed by atoms with Crippen LogP contribution in [0.5, 0.6) is 5.75 Å².